The van der Waals surface area contributed by atoms with Crippen LogP contribution in [0.25, 0.3) is 0 Å². The predicted octanol–water partition coefficient (Wildman–Crippen LogP) is 2.96. The summed E-state index contributed by atoms with van der Waals surface area (Å²) in [4.78, 5) is 49.8. The summed E-state index contributed by atoms with van der Waals surface area (Å²) in [6, 6.07) is 5.57. The van der Waals surface area contributed by atoms with E-state index < -0.39 is 42.4 Å². The van der Waals surface area contributed by atoms with Gasteiger partial charge in [-0.2, -0.15) is 0 Å². The number of carbonyl (C=O) groups is 4. The number of carbonyl (C=O) groups excluding carboxylic acids is 4. The van der Waals surface area contributed by atoms with Gasteiger partial charge in [0.2, 0.25) is 0 Å². The van der Waals surface area contributed by atoms with Crippen LogP contribution in [0, 0.1) is 0 Å². The smallest absolute Gasteiger partial charge is 0.326 e. The van der Waals surface area contributed by atoms with E-state index in [1.165, 1.54) is 12.1 Å². The average Bonchev–Trinajstić information content (AvgIpc) is 2.85. The lowest BCUT2D eigenvalue weighted by atomic mass is 9.88. The van der Waals surface area contributed by atoms with E-state index in [0.717, 1.165) is 17.7 Å². The number of rotatable bonds is 9. The number of Topliss-reactive ketones (excluding diaryl/α,β-unsaturated/α-hetero) is 1. The van der Waals surface area contributed by atoms with Crippen LogP contribution in [0.5, 0.6) is 0 Å². The van der Waals surface area contributed by atoms with Crippen molar-refractivity contribution in [1.82, 2.24) is 10.2 Å². The molecule has 1 aromatic carbocycles. The maximum Gasteiger partial charge on any atom is 0.326 e. The molecule has 0 saturated carbocycles. The number of nitrogens with one attached hydrogen (secondary N) is 1. The van der Waals surface area contributed by atoms with Gasteiger partial charge in [-0.25, -0.2) is 4.79 Å². The van der Waals surface area contributed by atoms with Gasteiger partial charge in [0.05, 0.1) is 0 Å². The third-order valence-electron chi connectivity index (χ3n) is 4.42. The van der Waals surface area contributed by atoms with Crippen molar-refractivity contribution < 1.29 is 23.9 Å². The molecule has 1 N–H and O–H groups in total. The molecule has 27 heavy (non-hydrogen) atoms. The largest absolute Gasteiger partial charge is 0.456 e. The Labute approximate surface area is 163 Å². The number of ketones is 1. The molecule has 1 aliphatic rings. The normalized spacial score (nSPS) is 15.6. The molecule has 3 amide bonds. The molecule has 1 fully saturated rings. The molecule has 0 atom stereocenters. The average molecular weight is 395 g/mol. The Hall–Kier alpha value is -2.41. The molecule has 8 heteroatoms. The van der Waals surface area contributed by atoms with Gasteiger partial charge in [-0.3, -0.25) is 19.3 Å². The number of urea groups is 1. The Balaban J connectivity index is 1.94. The summed E-state index contributed by atoms with van der Waals surface area (Å²) in [5.74, 6) is -1.63. The summed E-state index contributed by atoms with van der Waals surface area (Å²) in [5.41, 5.74) is -0.605. The number of benzene rings is 1. The zero-order valence-electron chi connectivity index (χ0n) is 15.4. The second-order valence-electron chi connectivity index (χ2n) is 6.49. The number of nitrogens with zero attached hydrogens (tertiary/aromatic N) is 1. The number of ether oxygens (including phenoxy) is 1. The summed E-state index contributed by atoms with van der Waals surface area (Å²) in [5, 5.41) is 3.21. The van der Waals surface area contributed by atoms with Crippen LogP contribution >= 0.6 is 11.6 Å². The lowest BCUT2D eigenvalue weighted by Gasteiger charge is -2.25. The van der Waals surface area contributed by atoms with Gasteiger partial charge in [-0.15, -0.1) is 0 Å². The minimum Gasteiger partial charge on any atom is -0.456 e. The van der Waals surface area contributed by atoms with Gasteiger partial charge in [0.15, 0.2) is 12.4 Å². The fourth-order valence-corrected chi connectivity index (χ4v) is 3.30. The van der Waals surface area contributed by atoms with Crippen LogP contribution in [0.2, 0.25) is 5.02 Å². The summed E-state index contributed by atoms with van der Waals surface area (Å²) in [6.07, 6.45) is 2.46. The number of halogens is 1. The van der Waals surface area contributed by atoms with Crippen LogP contribution in [-0.4, -0.2) is 47.3 Å². The van der Waals surface area contributed by atoms with Gasteiger partial charge >= 0.3 is 12.0 Å². The van der Waals surface area contributed by atoms with E-state index in [1.807, 2.05) is 13.8 Å². The zero-order valence-corrected chi connectivity index (χ0v) is 16.2. The summed E-state index contributed by atoms with van der Waals surface area (Å²) in [6.45, 7) is 2.86. The standard InChI is InChI=1S/C19H23ClN2O5/c1-3-9-19(10-4-2)17(25)22(18(26)21-19)11-16(24)27-12-15(23)13-5-7-14(20)8-6-13/h5-8H,3-4,9-12H2,1-2H3,(H,21,26). The van der Waals surface area contributed by atoms with E-state index in [4.69, 9.17) is 16.3 Å². The highest BCUT2D eigenvalue weighted by Gasteiger charge is 2.50. The molecule has 1 saturated heterocycles. The van der Waals surface area contributed by atoms with Crippen LogP contribution in [0.4, 0.5) is 4.79 Å². The summed E-state index contributed by atoms with van der Waals surface area (Å²) < 4.78 is 4.94. The van der Waals surface area contributed by atoms with Gasteiger partial charge in [0.1, 0.15) is 12.1 Å². The van der Waals surface area contributed by atoms with E-state index in [0.29, 0.717) is 23.4 Å². The molecule has 2 rings (SSSR count). The van der Waals surface area contributed by atoms with Crippen molar-refractivity contribution in [2.45, 2.75) is 45.1 Å². The minimum atomic E-state index is -0.958. The lowest BCUT2D eigenvalue weighted by Crippen LogP contribution is -2.47. The molecule has 7 nitrogen and oxygen atoms in total. The maximum atomic E-state index is 12.7. The first kappa shape index (κ1) is 20.9. The van der Waals surface area contributed by atoms with Crippen molar-refractivity contribution >= 4 is 35.3 Å². The molecule has 1 aliphatic heterocycles. The SMILES string of the molecule is CCCC1(CCC)NC(=O)N(CC(=O)OCC(=O)c2ccc(Cl)cc2)C1=O. The maximum absolute atomic E-state index is 12.7. The van der Waals surface area contributed by atoms with Gasteiger partial charge in [0, 0.05) is 10.6 Å². The summed E-state index contributed by atoms with van der Waals surface area (Å²) in [7, 11) is 0. The fraction of sp³-hybridized carbons (Fsp3) is 0.474. The van der Waals surface area contributed by atoms with Crippen molar-refractivity contribution in [2.24, 2.45) is 0 Å². The van der Waals surface area contributed by atoms with Gasteiger partial charge in [0.25, 0.3) is 5.91 Å². The Morgan fingerprint density at radius 3 is 2.26 bits per heavy atom. The third kappa shape index (κ3) is 4.86. The van der Waals surface area contributed by atoms with Crippen LogP contribution < -0.4 is 5.32 Å². The predicted molar refractivity (Wildman–Crippen MR) is 99.5 cm³/mol. The van der Waals surface area contributed by atoms with Crippen molar-refractivity contribution in [3.63, 3.8) is 0 Å². The van der Waals surface area contributed by atoms with Crippen molar-refractivity contribution in [1.29, 1.82) is 0 Å². The first-order chi connectivity index (χ1) is 12.8. The monoisotopic (exact) mass is 394 g/mol. The van der Waals surface area contributed by atoms with E-state index in [-0.39, 0.29) is 0 Å². The van der Waals surface area contributed by atoms with Crippen LogP contribution in [0.3, 0.4) is 0 Å². The van der Waals surface area contributed by atoms with Crippen molar-refractivity contribution in [3.05, 3.63) is 34.9 Å². The molecular weight excluding hydrogens is 372 g/mol. The first-order valence-corrected chi connectivity index (χ1v) is 9.29. The van der Waals surface area contributed by atoms with Crippen molar-refractivity contribution in [2.75, 3.05) is 13.2 Å². The van der Waals surface area contributed by atoms with Gasteiger partial charge in [-0.05, 0) is 37.1 Å². The molecular formula is C19H23ClN2O5. The lowest BCUT2D eigenvalue weighted by molar-refractivity contribution is -0.147. The van der Waals surface area contributed by atoms with Crippen LogP contribution in [-0.2, 0) is 14.3 Å². The Morgan fingerprint density at radius 2 is 1.70 bits per heavy atom. The Bertz CT molecular complexity index is 726. The Morgan fingerprint density at radius 1 is 1.11 bits per heavy atom. The number of amides is 3. The van der Waals surface area contributed by atoms with E-state index >= 15 is 0 Å². The fourth-order valence-electron chi connectivity index (χ4n) is 3.18. The Kier molecular flexibility index (Phi) is 6.96. The topological polar surface area (TPSA) is 92.8 Å². The van der Waals surface area contributed by atoms with Crippen LogP contribution in [0.15, 0.2) is 24.3 Å². The number of hydrogen-bond donors (Lipinski definition) is 1. The highest BCUT2D eigenvalue weighted by molar-refractivity contribution is 6.30. The molecule has 0 unspecified atom stereocenters. The second-order valence-corrected chi connectivity index (χ2v) is 6.93. The number of esters is 1. The minimum absolute atomic E-state index is 0.354. The van der Waals surface area contributed by atoms with E-state index in [2.05, 4.69) is 5.32 Å². The first-order valence-electron chi connectivity index (χ1n) is 8.91. The molecule has 146 valence electrons. The third-order valence-corrected chi connectivity index (χ3v) is 4.67. The number of hydrogen-bond acceptors (Lipinski definition) is 5. The zero-order chi connectivity index (χ0) is 20.0. The highest BCUT2D eigenvalue weighted by atomic mass is 35.5. The van der Waals surface area contributed by atoms with Gasteiger partial charge < -0.3 is 10.1 Å². The molecule has 1 heterocycles. The van der Waals surface area contributed by atoms with Gasteiger partial charge in [-0.1, -0.05) is 38.3 Å². The van der Waals surface area contributed by atoms with E-state index in [9.17, 15) is 19.2 Å². The van der Waals surface area contributed by atoms with E-state index in [1.54, 1.807) is 12.1 Å². The molecule has 1 aromatic rings. The quantitative estimate of drug-likeness (QED) is 0.395. The van der Waals surface area contributed by atoms with Crippen LogP contribution in [0.1, 0.15) is 49.9 Å². The summed E-state index contributed by atoms with van der Waals surface area (Å²) >= 11 is 5.76. The molecule has 0 spiro atoms. The van der Waals surface area contributed by atoms with Crippen molar-refractivity contribution in [3.8, 4) is 0 Å². The number of imide groups is 1. The second kappa shape index (κ2) is 8.99. The highest BCUT2D eigenvalue weighted by Crippen LogP contribution is 2.27. The molecule has 0 radical (unpaired) electrons. The molecule has 0 bridgehead atoms. The molecule has 0 aromatic heterocycles. The molecule has 0 aliphatic carbocycles.